The third-order valence-corrected chi connectivity index (χ3v) is 8.37. The number of rotatable bonds is 11. The minimum absolute atomic E-state index is 0.0297. The van der Waals surface area contributed by atoms with E-state index in [1.165, 1.54) is 16.4 Å². The summed E-state index contributed by atoms with van der Waals surface area (Å²) in [7, 11) is -3.93. The van der Waals surface area contributed by atoms with Gasteiger partial charge in [0.15, 0.2) is 5.58 Å². The number of sulfonamides is 1. The smallest absolute Gasteiger partial charge is 0.292 e. The third kappa shape index (κ3) is 6.54. The zero-order chi connectivity index (χ0) is 29.0. The van der Waals surface area contributed by atoms with E-state index in [0.29, 0.717) is 46.4 Å². The molecule has 0 saturated heterocycles. The van der Waals surface area contributed by atoms with Crippen LogP contribution in [0.5, 0.6) is 0 Å². The first kappa shape index (κ1) is 28.9. The highest BCUT2D eigenvalue weighted by Gasteiger charge is 2.27. The van der Waals surface area contributed by atoms with Gasteiger partial charge in [-0.15, -0.1) is 0 Å². The second-order valence-electron chi connectivity index (χ2n) is 10.2. The lowest BCUT2D eigenvalue weighted by molar-refractivity contribution is 0.0910. The molecule has 6 N–H and O–H groups in total. The molecule has 0 radical (unpaired) electrons. The van der Waals surface area contributed by atoms with Crippen LogP contribution < -0.4 is 21.1 Å². The van der Waals surface area contributed by atoms with E-state index >= 15 is 0 Å². The van der Waals surface area contributed by atoms with Gasteiger partial charge in [0.1, 0.15) is 5.52 Å². The largest absolute Gasteiger partial charge is 0.424 e. The lowest BCUT2D eigenvalue weighted by atomic mass is 10.0. The molecule has 1 heterocycles. The summed E-state index contributed by atoms with van der Waals surface area (Å²) in [6.07, 6.45) is 0.0758. The number of aliphatic hydroxyl groups excluding tert-OH is 1. The zero-order valence-electron chi connectivity index (χ0n) is 22.8. The lowest BCUT2D eigenvalue weighted by Crippen LogP contribution is -2.34. The average Bonchev–Trinajstić information content (AvgIpc) is 3.30. The van der Waals surface area contributed by atoms with Crippen LogP contribution in [0, 0.1) is 12.8 Å². The molecule has 0 spiro atoms. The van der Waals surface area contributed by atoms with Crippen LogP contribution in [0.25, 0.3) is 11.1 Å². The van der Waals surface area contributed by atoms with Gasteiger partial charge in [0, 0.05) is 30.4 Å². The average molecular weight is 566 g/mol. The number of nitrogens with zero attached hydrogens (tertiary/aromatic N) is 2. The fourth-order valence-electron chi connectivity index (χ4n) is 4.39. The van der Waals surface area contributed by atoms with Crippen molar-refractivity contribution < 1.29 is 22.7 Å². The maximum absolute atomic E-state index is 13.8. The van der Waals surface area contributed by atoms with Crippen molar-refractivity contribution in [3.8, 4) is 0 Å². The number of hydrogen-bond acceptors (Lipinski definition) is 8. The molecule has 1 atom stereocenters. The van der Waals surface area contributed by atoms with Crippen molar-refractivity contribution in [1.82, 2.24) is 10.3 Å². The summed E-state index contributed by atoms with van der Waals surface area (Å²) in [5.74, 6) is -0.247. The molecule has 0 aliphatic rings. The van der Waals surface area contributed by atoms with Crippen LogP contribution in [0.2, 0.25) is 0 Å². The van der Waals surface area contributed by atoms with E-state index in [0.717, 1.165) is 5.56 Å². The summed E-state index contributed by atoms with van der Waals surface area (Å²) in [6, 6.07) is 16.8. The number of nitrogens with two attached hydrogens (primary N) is 2. The molecule has 1 aromatic heterocycles. The van der Waals surface area contributed by atoms with E-state index in [1.54, 1.807) is 43.3 Å². The van der Waals surface area contributed by atoms with Crippen LogP contribution in [0.15, 0.2) is 70.0 Å². The predicted octanol–water partition coefficient (Wildman–Crippen LogP) is 3.88. The van der Waals surface area contributed by atoms with Gasteiger partial charge in [-0.05, 0) is 73.2 Å². The van der Waals surface area contributed by atoms with Crippen molar-refractivity contribution in [3.05, 3.63) is 77.4 Å². The summed E-state index contributed by atoms with van der Waals surface area (Å²) >= 11 is 0. The molecule has 4 aromatic rings. The first-order valence-corrected chi connectivity index (χ1v) is 14.5. The summed E-state index contributed by atoms with van der Waals surface area (Å²) in [5.41, 5.74) is 15.4. The van der Waals surface area contributed by atoms with E-state index in [2.05, 4.69) is 10.3 Å². The van der Waals surface area contributed by atoms with Gasteiger partial charge in [0.2, 0.25) is 0 Å². The Morgan fingerprint density at radius 1 is 1.10 bits per heavy atom. The Hall–Kier alpha value is -4.09. The monoisotopic (exact) mass is 565 g/mol. The second-order valence-corrected chi connectivity index (χ2v) is 12.1. The molecule has 3 aromatic carbocycles. The Bertz CT molecular complexity index is 1620. The number of anilines is 3. The number of aryl methyl sites for hydroxylation is 1. The summed E-state index contributed by atoms with van der Waals surface area (Å²) < 4.78 is 34.2. The molecule has 4 rings (SSSR count). The molecule has 1 unspecified atom stereocenters. The first-order valence-electron chi connectivity index (χ1n) is 13.0. The van der Waals surface area contributed by atoms with E-state index in [1.807, 2.05) is 26.0 Å². The lowest BCUT2D eigenvalue weighted by Gasteiger charge is -2.26. The van der Waals surface area contributed by atoms with Crippen LogP contribution in [0.4, 0.5) is 17.4 Å². The fourth-order valence-corrected chi connectivity index (χ4v) is 6.03. The third-order valence-electron chi connectivity index (χ3n) is 6.58. The van der Waals surface area contributed by atoms with Gasteiger partial charge in [-0.1, -0.05) is 32.0 Å². The standard InChI is InChI=1S/C29H35N5O5S/c1-18(2)17-34(40(37,38)23-12-13-26-27(15-23)39-29(31)33-26)21-7-4-6-20(14-21)10-11-22(35)16-32-28(36)24-8-5-9-25(30)19(24)3/h4-9,12-15,18,22,35H,10-11,16-17,30H2,1-3H3,(H2,31,33)(H,32,36). The number of carbonyl (C=O) groups excluding carboxylic acids is 1. The maximum Gasteiger partial charge on any atom is 0.292 e. The molecule has 1 amide bonds. The highest BCUT2D eigenvalue weighted by atomic mass is 32.2. The Labute approximate surface area is 234 Å². The number of oxazole rings is 1. The van der Waals surface area contributed by atoms with E-state index in [9.17, 15) is 18.3 Å². The minimum atomic E-state index is -3.93. The van der Waals surface area contributed by atoms with Crippen LogP contribution in [-0.2, 0) is 16.4 Å². The van der Waals surface area contributed by atoms with Gasteiger partial charge in [-0.25, -0.2) is 8.42 Å². The van der Waals surface area contributed by atoms with Crippen molar-refractivity contribution in [3.63, 3.8) is 0 Å². The fraction of sp³-hybridized carbons (Fsp3) is 0.310. The van der Waals surface area contributed by atoms with Gasteiger partial charge in [0.25, 0.3) is 21.9 Å². The van der Waals surface area contributed by atoms with E-state index in [4.69, 9.17) is 15.9 Å². The SMILES string of the molecule is Cc1c(N)cccc1C(=O)NCC(O)CCc1cccc(N(CC(C)C)S(=O)(=O)c2ccc3nc(N)oc3c2)c1. The number of aromatic nitrogens is 1. The Morgan fingerprint density at radius 2 is 1.85 bits per heavy atom. The number of hydrogen-bond donors (Lipinski definition) is 4. The molecule has 0 aliphatic carbocycles. The second kappa shape index (κ2) is 12.0. The summed E-state index contributed by atoms with van der Waals surface area (Å²) in [5, 5.41) is 13.3. The zero-order valence-corrected chi connectivity index (χ0v) is 23.6. The number of benzene rings is 3. The Morgan fingerprint density at radius 3 is 2.60 bits per heavy atom. The predicted molar refractivity (Wildman–Crippen MR) is 156 cm³/mol. The van der Waals surface area contributed by atoms with E-state index in [-0.39, 0.29) is 35.8 Å². The maximum atomic E-state index is 13.8. The van der Waals surface area contributed by atoms with Gasteiger partial charge < -0.3 is 26.3 Å². The highest BCUT2D eigenvalue weighted by Crippen LogP contribution is 2.29. The van der Waals surface area contributed by atoms with Gasteiger partial charge in [0.05, 0.1) is 16.7 Å². The molecular weight excluding hydrogens is 530 g/mol. The summed E-state index contributed by atoms with van der Waals surface area (Å²) in [4.78, 5) is 16.6. The van der Waals surface area contributed by atoms with Crippen molar-refractivity contribution in [2.24, 2.45) is 5.92 Å². The van der Waals surface area contributed by atoms with Gasteiger partial charge >= 0.3 is 0 Å². The van der Waals surface area contributed by atoms with Crippen molar-refractivity contribution in [1.29, 1.82) is 0 Å². The topological polar surface area (TPSA) is 165 Å². The number of nitrogen functional groups attached to an aromatic ring is 2. The molecule has 0 fully saturated rings. The molecular formula is C29H35N5O5S. The van der Waals surface area contributed by atoms with Crippen LogP contribution in [0.1, 0.15) is 41.8 Å². The van der Waals surface area contributed by atoms with Gasteiger partial charge in [-0.3, -0.25) is 9.10 Å². The molecule has 0 aliphatic heterocycles. The molecule has 40 heavy (non-hydrogen) atoms. The molecule has 0 bridgehead atoms. The first-order chi connectivity index (χ1) is 19.0. The Kier molecular flexibility index (Phi) is 8.65. The quantitative estimate of drug-likeness (QED) is 0.199. The number of aliphatic hydroxyl groups is 1. The van der Waals surface area contributed by atoms with Crippen molar-refractivity contribution in [2.75, 3.05) is 28.9 Å². The van der Waals surface area contributed by atoms with Crippen molar-refractivity contribution in [2.45, 2.75) is 44.6 Å². The summed E-state index contributed by atoms with van der Waals surface area (Å²) in [6.45, 7) is 6.01. The molecule has 11 heteroatoms. The van der Waals surface area contributed by atoms with Crippen LogP contribution >= 0.6 is 0 Å². The normalized spacial score (nSPS) is 12.5. The highest BCUT2D eigenvalue weighted by molar-refractivity contribution is 7.92. The van der Waals surface area contributed by atoms with Crippen LogP contribution in [-0.4, -0.2) is 43.6 Å². The number of nitrogens with one attached hydrogen (secondary N) is 1. The van der Waals surface area contributed by atoms with Crippen molar-refractivity contribution >= 4 is 44.4 Å². The molecule has 212 valence electrons. The number of carbonyl (C=O) groups is 1. The number of amides is 1. The van der Waals surface area contributed by atoms with Gasteiger partial charge in [-0.2, -0.15) is 4.98 Å². The Balaban J connectivity index is 1.46. The van der Waals surface area contributed by atoms with E-state index < -0.39 is 16.1 Å². The van der Waals surface area contributed by atoms with Crippen LogP contribution in [0.3, 0.4) is 0 Å². The minimum Gasteiger partial charge on any atom is -0.424 e. The number of fused-ring (bicyclic) bond motifs is 1. The molecule has 0 saturated carbocycles. The molecule has 10 nitrogen and oxygen atoms in total.